The van der Waals surface area contributed by atoms with E-state index in [-0.39, 0.29) is 12.2 Å². The summed E-state index contributed by atoms with van der Waals surface area (Å²) in [5.41, 5.74) is 12.1. The van der Waals surface area contributed by atoms with E-state index >= 15 is 0 Å². The smallest absolute Gasteiger partial charge is 0.128 e. The Hall–Kier alpha value is -5.61. The molecule has 0 radical (unpaired) electrons. The Labute approximate surface area is 317 Å². The molecule has 260 valence electrons. The Morgan fingerprint density at radius 3 is 1.70 bits per heavy atom. The predicted molar refractivity (Wildman–Crippen MR) is 229 cm³/mol. The highest BCUT2D eigenvalue weighted by Gasteiger charge is 2.26. The second-order valence-corrected chi connectivity index (χ2v) is 15.0. The van der Waals surface area contributed by atoms with Crippen molar-refractivity contribution < 1.29 is 0 Å². The van der Waals surface area contributed by atoms with Gasteiger partial charge in [0.1, 0.15) is 6.17 Å². The predicted octanol–water partition coefficient (Wildman–Crippen LogP) is 14.0. The van der Waals surface area contributed by atoms with Crippen molar-refractivity contribution in [3.63, 3.8) is 0 Å². The second-order valence-electron chi connectivity index (χ2n) is 13.9. The van der Waals surface area contributed by atoms with Crippen LogP contribution in [0.5, 0.6) is 0 Å². The van der Waals surface area contributed by atoms with Crippen LogP contribution in [0.25, 0.3) is 53.6 Å². The number of rotatable bonds is 11. The maximum Gasteiger partial charge on any atom is 0.128 e. The molecule has 8 rings (SSSR count). The lowest BCUT2D eigenvalue weighted by atomic mass is 9.93. The molecule has 0 saturated carbocycles. The summed E-state index contributed by atoms with van der Waals surface area (Å²) in [6.07, 6.45) is 0.938. The number of aliphatic imine (C=N–C) groups is 1. The van der Waals surface area contributed by atoms with Gasteiger partial charge in [-0.1, -0.05) is 146 Å². The highest BCUT2D eigenvalue weighted by atomic mass is 32.1. The molecule has 2 nitrogen and oxygen atoms in total. The fourth-order valence-corrected chi connectivity index (χ4v) is 8.63. The molecule has 0 saturated heterocycles. The van der Waals surface area contributed by atoms with Gasteiger partial charge in [-0.15, -0.1) is 11.3 Å². The third kappa shape index (κ3) is 7.37. The van der Waals surface area contributed by atoms with Crippen LogP contribution in [0.2, 0.25) is 0 Å². The number of benzene rings is 7. The molecule has 0 aliphatic heterocycles. The molecule has 0 N–H and O–H groups in total. The number of thiophene rings is 1. The summed E-state index contributed by atoms with van der Waals surface area (Å²) in [5.74, 6) is 0. The van der Waals surface area contributed by atoms with Crippen LogP contribution in [0, 0.1) is 0 Å². The van der Waals surface area contributed by atoms with Crippen molar-refractivity contribution >= 4 is 37.2 Å². The minimum absolute atomic E-state index is 0.101. The fraction of sp³-hybridized carbons (Fsp3) is 0.140. The Kier molecular flexibility index (Phi) is 10.1. The van der Waals surface area contributed by atoms with Crippen LogP contribution in [0.4, 0.5) is 0 Å². The average Bonchev–Trinajstić information content (AvgIpc) is 3.60. The van der Waals surface area contributed by atoms with E-state index in [1.165, 1.54) is 64.7 Å². The quantitative estimate of drug-likeness (QED) is 0.122. The van der Waals surface area contributed by atoms with Gasteiger partial charge in [0.15, 0.2) is 0 Å². The van der Waals surface area contributed by atoms with Crippen LogP contribution in [-0.2, 0) is 0 Å². The molecule has 1 heterocycles. The monoisotopic (exact) mass is 704 g/mol. The van der Waals surface area contributed by atoms with Gasteiger partial charge in [0.25, 0.3) is 0 Å². The van der Waals surface area contributed by atoms with Gasteiger partial charge in [0.05, 0.1) is 0 Å². The van der Waals surface area contributed by atoms with Crippen molar-refractivity contribution in [3.8, 4) is 33.4 Å². The summed E-state index contributed by atoms with van der Waals surface area (Å²) in [7, 11) is 0. The first-order chi connectivity index (χ1) is 26.1. The van der Waals surface area contributed by atoms with Gasteiger partial charge in [-0.25, -0.2) is 0 Å². The lowest BCUT2D eigenvalue weighted by molar-refractivity contribution is 0.148. The van der Waals surface area contributed by atoms with E-state index in [9.17, 15) is 0 Å². The van der Waals surface area contributed by atoms with E-state index in [4.69, 9.17) is 4.99 Å². The van der Waals surface area contributed by atoms with Crippen molar-refractivity contribution in [2.45, 2.75) is 39.4 Å². The maximum absolute atomic E-state index is 5.42. The van der Waals surface area contributed by atoms with Crippen LogP contribution in [0.3, 0.4) is 0 Å². The van der Waals surface area contributed by atoms with Gasteiger partial charge < -0.3 is 0 Å². The van der Waals surface area contributed by atoms with Crippen molar-refractivity contribution in [2.24, 2.45) is 4.99 Å². The van der Waals surface area contributed by atoms with Crippen LogP contribution in [-0.4, -0.2) is 17.2 Å². The SMILES string of the molecule is CCCN(C(C)c1ccc2sc3cc(-c4cc(-c5ccccc5)cc(-c5ccccc5)c4)ccc3c2c1)C(N=C(C)c1ccccc1)c1ccccc1. The Bertz CT molecular complexity index is 2430. The van der Waals surface area contributed by atoms with Crippen LogP contribution in [0.1, 0.15) is 56.1 Å². The second kappa shape index (κ2) is 15.6. The number of nitrogens with zero attached hydrogens (tertiary/aromatic N) is 2. The van der Waals surface area contributed by atoms with Gasteiger partial charge in [-0.05, 0) is 107 Å². The molecule has 8 aromatic rings. The summed E-state index contributed by atoms with van der Waals surface area (Å²) in [4.78, 5) is 7.99. The van der Waals surface area contributed by atoms with Crippen molar-refractivity contribution in [1.29, 1.82) is 0 Å². The van der Waals surface area contributed by atoms with Gasteiger partial charge in [-0.3, -0.25) is 9.89 Å². The highest BCUT2D eigenvalue weighted by Crippen LogP contribution is 2.41. The average molecular weight is 705 g/mol. The molecule has 1 aromatic heterocycles. The summed E-state index contributed by atoms with van der Waals surface area (Å²) in [6, 6.07) is 64.0. The third-order valence-electron chi connectivity index (χ3n) is 10.4. The fourth-order valence-electron chi connectivity index (χ4n) is 7.50. The van der Waals surface area contributed by atoms with Crippen LogP contribution >= 0.6 is 11.3 Å². The van der Waals surface area contributed by atoms with E-state index in [0.29, 0.717) is 0 Å². The molecular formula is C50H44N2S. The Morgan fingerprint density at radius 2 is 1.09 bits per heavy atom. The first-order valence-corrected chi connectivity index (χ1v) is 19.5. The summed E-state index contributed by atoms with van der Waals surface area (Å²) >= 11 is 1.88. The summed E-state index contributed by atoms with van der Waals surface area (Å²) < 4.78 is 2.63. The zero-order valence-corrected chi connectivity index (χ0v) is 31.4. The normalized spacial score (nSPS) is 13.1. The number of hydrogen-bond donors (Lipinski definition) is 0. The zero-order valence-electron chi connectivity index (χ0n) is 30.6. The molecule has 2 atom stereocenters. The Morgan fingerprint density at radius 1 is 0.528 bits per heavy atom. The minimum Gasteiger partial charge on any atom is -0.271 e. The molecule has 0 bridgehead atoms. The first kappa shape index (κ1) is 34.5. The Balaban J connectivity index is 1.17. The van der Waals surface area contributed by atoms with Crippen LogP contribution in [0.15, 0.2) is 181 Å². The van der Waals surface area contributed by atoms with Crippen molar-refractivity contribution in [2.75, 3.05) is 6.54 Å². The lowest BCUT2D eigenvalue weighted by Gasteiger charge is -2.35. The topological polar surface area (TPSA) is 15.6 Å². The molecule has 7 aromatic carbocycles. The molecular weight excluding hydrogens is 661 g/mol. The number of hydrogen-bond acceptors (Lipinski definition) is 3. The van der Waals surface area contributed by atoms with E-state index in [1.54, 1.807) is 0 Å². The van der Waals surface area contributed by atoms with Gasteiger partial charge in [0, 0.05) is 38.5 Å². The molecule has 2 unspecified atom stereocenters. The van der Waals surface area contributed by atoms with E-state index in [1.807, 2.05) is 11.3 Å². The first-order valence-electron chi connectivity index (χ1n) is 18.7. The van der Waals surface area contributed by atoms with E-state index < -0.39 is 0 Å². The molecule has 0 aliphatic carbocycles. The van der Waals surface area contributed by atoms with Crippen LogP contribution < -0.4 is 0 Å². The highest BCUT2D eigenvalue weighted by molar-refractivity contribution is 7.25. The number of fused-ring (bicyclic) bond motifs is 3. The summed E-state index contributed by atoms with van der Waals surface area (Å²) in [6.45, 7) is 7.68. The van der Waals surface area contributed by atoms with Crippen molar-refractivity contribution in [1.82, 2.24) is 4.90 Å². The van der Waals surface area contributed by atoms with Crippen molar-refractivity contribution in [3.05, 3.63) is 193 Å². The standard InChI is InChI=1S/C50H44N2S/c1-4-29-52(50(40-23-15-8-16-24-40)51-35(2)37-17-9-5-10-18-37)36(3)41-26-28-48-47(33-41)46-27-25-42(34-49(46)53-48)45-31-43(38-19-11-6-12-20-38)30-44(32-45)39-21-13-7-14-22-39/h5-28,30-34,36,50H,4,29H2,1-3H3. The van der Waals surface area contributed by atoms with Gasteiger partial charge in [0.2, 0.25) is 0 Å². The molecule has 3 heteroatoms. The molecule has 0 amide bonds. The third-order valence-corrected chi connectivity index (χ3v) is 11.5. The lowest BCUT2D eigenvalue weighted by Crippen LogP contribution is -2.32. The van der Waals surface area contributed by atoms with E-state index in [2.05, 4.69) is 202 Å². The molecule has 0 aliphatic rings. The summed E-state index contributed by atoms with van der Waals surface area (Å²) in [5, 5.41) is 2.63. The molecule has 0 fully saturated rings. The van der Waals surface area contributed by atoms with Gasteiger partial charge in [-0.2, -0.15) is 0 Å². The zero-order chi connectivity index (χ0) is 36.1. The molecule has 0 spiro atoms. The van der Waals surface area contributed by atoms with E-state index in [0.717, 1.165) is 24.2 Å². The maximum atomic E-state index is 5.42. The largest absolute Gasteiger partial charge is 0.271 e. The molecule has 53 heavy (non-hydrogen) atoms. The van der Waals surface area contributed by atoms with Gasteiger partial charge >= 0.3 is 0 Å². The minimum atomic E-state index is -0.101.